The number of nitrogens with one attached hydrogen (secondary N) is 2. The van der Waals surface area contributed by atoms with Gasteiger partial charge in [-0.3, -0.25) is 4.79 Å². The molecule has 2 aromatic heterocycles. The Morgan fingerprint density at radius 1 is 1.12 bits per heavy atom. The van der Waals surface area contributed by atoms with Gasteiger partial charge in [0.25, 0.3) is 5.91 Å². The highest BCUT2D eigenvalue weighted by Gasteiger charge is 2.14. The lowest BCUT2D eigenvalue weighted by molar-refractivity contribution is 0.102. The van der Waals surface area contributed by atoms with Gasteiger partial charge in [0.2, 0.25) is 0 Å². The molecule has 0 saturated carbocycles. The van der Waals surface area contributed by atoms with Crippen molar-refractivity contribution in [2.45, 2.75) is 20.3 Å². The van der Waals surface area contributed by atoms with Gasteiger partial charge in [-0.15, -0.1) is 0 Å². The Labute approximate surface area is 145 Å². The first-order valence-corrected chi connectivity index (χ1v) is 8.08. The molecular formula is C18H19N5O2. The summed E-state index contributed by atoms with van der Waals surface area (Å²) < 4.78 is 4.96. The minimum atomic E-state index is -0.368. The minimum Gasteiger partial charge on any atom is -0.370 e. The molecule has 0 bridgehead atoms. The molecule has 0 aliphatic carbocycles. The van der Waals surface area contributed by atoms with Gasteiger partial charge in [-0.1, -0.05) is 42.4 Å². The quantitative estimate of drug-likeness (QED) is 0.715. The number of hydrogen-bond acceptors (Lipinski definition) is 6. The van der Waals surface area contributed by atoms with Crippen molar-refractivity contribution >= 4 is 17.5 Å². The first-order chi connectivity index (χ1) is 12.2. The van der Waals surface area contributed by atoms with Crippen LogP contribution in [0.2, 0.25) is 0 Å². The minimum absolute atomic E-state index is 0.258. The van der Waals surface area contributed by atoms with E-state index < -0.39 is 0 Å². The van der Waals surface area contributed by atoms with Crippen LogP contribution in [0.4, 0.5) is 11.6 Å². The van der Waals surface area contributed by atoms with E-state index in [9.17, 15) is 4.79 Å². The lowest BCUT2D eigenvalue weighted by atomic mass is 10.2. The largest absolute Gasteiger partial charge is 0.370 e. The van der Waals surface area contributed by atoms with E-state index in [0.717, 1.165) is 18.5 Å². The number of aryl methyl sites for hydroxylation is 1. The molecule has 2 N–H and O–H groups in total. The number of benzene rings is 1. The lowest BCUT2D eigenvalue weighted by Gasteiger charge is -2.09. The molecule has 0 fully saturated rings. The molecule has 0 radical (unpaired) electrons. The van der Waals surface area contributed by atoms with E-state index in [-0.39, 0.29) is 11.6 Å². The van der Waals surface area contributed by atoms with Gasteiger partial charge in [0.15, 0.2) is 11.6 Å². The number of anilines is 2. The molecule has 1 aromatic carbocycles. The second-order valence-corrected chi connectivity index (χ2v) is 5.53. The summed E-state index contributed by atoms with van der Waals surface area (Å²) >= 11 is 0. The van der Waals surface area contributed by atoms with Crippen LogP contribution in [0.3, 0.4) is 0 Å². The molecule has 0 aliphatic heterocycles. The van der Waals surface area contributed by atoms with Gasteiger partial charge < -0.3 is 15.2 Å². The van der Waals surface area contributed by atoms with Gasteiger partial charge in [0.1, 0.15) is 17.3 Å². The number of aromatic nitrogens is 3. The third-order valence-electron chi connectivity index (χ3n) is 3.42. The summed E-state index contributed by atoms with van der Waals surface area (Å²) in [4.78, 5) is 21.4. The number of nitrogens with zero attached hydrogens (tertiary/aromatic N) is 3. The Morgan fingerprint density at radius 3 is 2.60 bits per heavy atom. The SMILES string of the molecule is CCCNc1cc(C(=O)Nc2cc(C)on2)nc(-c2ccccc2)n1. The molecular weight excluding hydrogens is 318 g/mol. The van der Waals surface area contributed by atoms with E-state index in [0.29, 0.717) is 23.2 Å². The van der Waals surface area contributed by atoms with Crippen LogP contribution in [-0.2, 0) is 0 Å². The maximum Gasteiger partial charge on any atom is 0.275 e. The van der Waals surface area contributed by atoms with Crippen LogP contribution in [0.25, 0.3) is 11.4 Å². The molecule has 0 saturated heterocycles. The molecule has 0 atom stereocenters. The molecule has 2 heterocycles. The summed E-state index contributed by atoms with van der Waals surface area (Å²) in [5.74, 6) is 1.70. The molecule has 7 heteroatoms. The molecule has 25 heavy (non-hydrogen) atoms. The summed E-state index contributed by atoms with van der Waals surface area (Å²) in [6, 6.07) is 12.8. The predicted octanol–water partition coefficient (Wildman–Crippen LogP) is 3.51. The fraction of sp³-hybridized carbons (Fsp3) is 0.222. The van der Waals surface area contributed by atoms with Crippen molar-refractivity contribution in [3.05, 3.63) is 53.9 Å². The van der Waals surface area contributed by atoms with Crippen LogP contribution < -0.4 is 10.6 Å². The van der Waals surface area contributed by atoms with Crippen molar-refractivity contribution in [1.82, 2.24) is 15.1 Å². The highest BCUT2D eigenvalue weighted by Crippen LogP contribution is 2.19. The molecule has 0 unspecified atom stereocenters. The van der Waals surface area contributed by atoms with Crippen molar-refractivity contribution in [2.24, 2.45) is 0 Å². The third kappa shape index (κ3) is 4.20. The third-order valence-corrected chi connectivity index (χ3v) is 3.42. The van der Waals surface area contributed by atoms with Crippen molar-refractivity contribution in [2.75, 3.05) is 17.2 Å². The summed E-state index contributed by atoms with van der Waals surface area (Å²) in [7, 11) is 0. The molecule has 3 aromatic rings. The zero-order valence-corrected chi connectivity index (χ0v) is 14.1. The van der Waals surface area contributed by atoms with Crippen molar-refractivity contribution < 1.29 is 9.32 Å². The Hall–Kier alpha value is -3.22. The van der Waals surface area contributed by atoms with Gasteiger partial charge >= 0.3 is 0 Å². The van der Waals surface area contributed by atoms with Crippen molar-refractivity contribution in [1.29, 1.82) is 0 Å². The van der Waals surface area contributed by atoms with Gasteiger partial charge in [-0.05, 0) is 13.3 Å². The monoisotopic (exact) mass is 337 g/mol. The van der Waals surface area contributed by atoms with Crippen LogP contribution in [-0.4, -0.2) is 27.6 Å². The van der Waals surface area contributed by atoms with Gasteiger partial charge in [-0.25, -0.2) is 9.97 Å². The van der Waals surface area contributed by atoms with E-state index in [4.69, 9.17) is 4.52 Å². The van der Waals surface area contributed by atoms with E-state index in [1.54, 1.807) is 19.1 Å². The Morgan fingerprint density at radius 2 is 1.92 bits per heavy atom. The second kappa shape index (κ2) is 7.57. The van der Waals surface area contributed by atoms with E-state index in [1.807, 2.05) is 30.3 Å². The standard InChI is InChI=1S/C18H19N5O2/c1-3-9-19-15-11-14(18(24)22-16-10-12(2)25-23-16)20-17(21-15)13-7-5-4-6-8-13/h4-8,10-11H,3,9H2,1-2H3,(H,19,20,21)(H,22,23,24). The molecule has 0 spiro atoms. The van der Waals surface area contributed by atoms with E-state index in [1.165, 1.54) is 0 Å². The average Bonchev–Trinajstić information content (AvgIpc) is 3.05. The second-order valence-electron chi connectivity index (χ2n) is 5.53. The highest BCUT2D eigenvalue weighted by atomic mass is 16.5. The van der Waals surface area contributed by atoms with Gasteiger partial charge in [0, 0.05) is 24.2 Å². The molecule has 128 valence electrons. The summed E-state index contributed by atoms with van der Waals surface area (Å²) in [6.45, 7) is 4.58. The molecule has 3 rings (SSSR count). The van der Waals surface area contributed by atoms with Crippen LogP contribution in [0.1, 0.15) is 29.6 Å². The van der Waals surface area contributed by atoms with Gasteiger partial charge in [0.05, 0.1) is 0 Å². The van der Waals surface area contributed by atoms with Crippen molar-refractivity contribution in [3.8, 4) is 11.4 Å². The lowest BCUT2D eigenvalue weighted by Crippen LogP contribution is -2.16. The first kappa shape index (κ1) is 16.6. The van der Waals surface area contributed by atoms with Gasteiger partial charge in [-0.2, -0.15) is 0 Å². The molecule has 7 nitrogen and oxygen atoms in total. The van der Waals surface area contributed by atoms with Crippen LogP contribution >= 0.6 is 0 Å². The maximum atomic E-state index is 12.5. The first-order valence-electron chi connectivity index (χ1n) is 8.08. The number of hydrogen-bond donors (Lipinski definition) is 2. The normalized spacial score (nSPS) is 10.5. The topological polar surface area (TPSA) is 92.9 Å². The van der Waals surface area contributed by atoms with E-state index >= 15 is 0 Å². The zero-order chi connectivity index (χ0) is 17.6. The Bertz CT molecular complexity index is 861. The Kier molecular flexibility index (Phi) is 5.03. The molecule has 0 aliphatic rings. The number of carbonyl (C=O) groups is 1. The Balaban J connectivity index is 1.92. The number of carbonyl (C=O) groups excluding carboxylic acids is 1. The average molecular weight is 337 g/mol. The smallest absolute Gasteiger partial charge is 0.275 e. The number of amides is 1. The zero-order valence-electron chi connectivity index (χ0n) is 14.1. The van der Waals surface area contributed by atoms with Crippen LogP contribution in [0, 0.1) is 6.92 Å². The van der Waals surface area contributed by atoms with Crippen LogP contribution in [0.15, 0.2) is 47.0 Å². The fourth-order valence-corrected chi connectivity index (χ4v) is 2.23. The molecule has 1 amide bonds. The summed E-state index contributed by atoms with van der Waals surface area (Å²) in [6.07, 6.45) is 0.949. The van der Waals surface area contributed by atoms with Crippen molar-refractivity contribution in [3.63, 3.8) is 0 Å². The summed E-state index contributed by atoms with van der Waals surface area (Å²) in [5, 5.41) is 9.65. The fourth-order valence-electron chi connectivity index (χ4n) is 2.23. The van der Waals surface area contributed by atoms with Crippen LogP contribution in [0.5, 0.6) is 0 Å². The summed E-state index contributed by atoms with van der Waals surface area (Å²) in [5.41, 5.74) is 1.10. The predicted molar refractivity (Wildman–Crippen MR) is 95.4 cm³/mol. The maximum absolute atomic E-state index is 12.5. The number of rotatable bonds is 6. The highest BCUT2D eigenvalue weighted by molar-refractivity contribution is 6.03. The van der Waals surface area contributed by atoms with E-state index in [2.05, 4.69) is 32.7 Å².